The van der Waals surface area contributed by atoms with Crippen LogP contribution >= 0.6 is 0 Å². The second kappa shape index (κ2) is 8.86. The maximum Gasteiger partial charge on any atom is 0.0612 e. The summed E-state index contributed by atoms with van der Waals surface area (Å²) in [5.74, 6) is 0. The zero-order valence-electron chi connectivity index (χ0n) is 26.6. The van der Waals surface area contributed by atoms with Crippen molar-refractivity contribution in [2.45, 2.75) is 33.1 Å². The highest BCUT2D eigenvalue weighted by Gasteiger charge is 2.35. The maximum absolute atomic E-state index is 2.53. The van der Waals surface area contributed by atoms with Crippen LogP contribution in [0.3, 0.4) is 0 Å². The lowest BCUT2D eigenvalue weighted by atomic mass is 9.81. The van der Waals surface area contributed by atoms with Crippen molar-refractivity contribution in [2.75, 3.05) is 0 Å². The molecule has 9 aromatic rings. The Hall–Kier alpha value is -5.40. The monoisotopic (exact) mass is 587 g/mol. The molecule has 8 aromatic carbocycles. The highest BCUT2D eigenvalue weighted by molar-refractivity contribution is 6.25. The SMILES string of the molecule is Cc1c(C)n(-c2ccc3ccc4cccc5ccc2c3c45)c2c1ccc1c(-c3ccc4c(c3)C(C)(C)c3ccccc3-4)cccc12. The van der Waals surface area contributed by atoms with Crippen molar-refractivity contribution in [3.8, 4) is 27.9 Å². The van der Waals surface area contributed by atoms with Crippen molar-refractivity contribution < 1.29 is 0 Å². The first kappa shape index (κ1) is 25.9. The van der Waals surface area contributed by atoms with Crippen LogP contribution in [-0.2, 0) is 5.41 Å². The molecule has 0 fully saturated rings. The van der Waals surface area contributed by atoms with Crippen LogP contribution in [0.15, 0.2) is 127 Å². The van der Waals surface area contributed by atoms with Crippen molar-refractivity contribution in [3.05, 3.63) is 150 Å². The summed E-state index contributed by atoms with van der Waals surface area (Å²) in [7, 11) is 0. The summed E-state index contributed by atoms with van der Waals surface area (Å²) in [6.07, 6.45) is 0. The molecule has 0 aliphatic heterocycles. The van der Waals surface area contributed by atoms with Gasteiger partial charge in [0, 0.05) is 27.3 Å². The molecule has 1 nitrogen and oxygen atoms in total. The minimum absolute atomic E-state index is 0.0300. The van der Waals surface area contributed by atoms with E-state index in [-0.39, 0.29) is 5.41 Å². The van der Waals surface area contributed by atoms with Gasteiger partial charge in [-0.25, -0.2) is 0 Å². The highest BCUT2D eigenvalue weighted by atomic mass is 15.0. The van der Waals surface area contributed by atoms with Crippen LogP contribution in [-0.4, -0.2) is 4.57 Å². The van der Waals surface area contributed by atoms with Gasteiger partial charge in [0.2, 0.25) is 0 Å². The fourth-order valence-electron chi connectivity index (χ4n) is 8.76. The van der Waals surface area contributed by atoms with E-state index in [0.29, 0.717) is 0 Å². The Kier molecular flexibility index (Phi) is 4.99. The fourth-order valence-corrected chi connectivity index (χ4v) is 8.76. The molecule has 218 valence electrons. The van der Waals surface area contributed by atoms with E-state index in [1.807, 2.05) is 0 Å². The third-order valence-corrected chi connectivity index (χ3v) is 11.2. The van der Waals surface area contributed by atoms with E-state index in [9.17, 15) is 0 Å². The number of hydrogen-bond donors (Lipinski definition) is 0. The Balaban J connectivity index is 1.25. The fraction of sp³-hybridized carbons (Fsp3) is 0.111. The second-order valence-electron chi connectivity index (χ2n) is 13.8. The van der Waals surface area contributed by atoms with Gasteiger partial charge in [0.05, 0.1) is 11.2 Å². The third-order valence-electron chi connectivity index (χ3n) is 11.2. The average molecular weight is 588 g/mol. The summed E-state index contributed by atoms with van der Waals surface area (Å²) in [4.78, 5) is 0. The lowest BCUT2D eigenvalue weighted by molar-refractivity contribution is 0.660. The summed E-state index contributed by atoms with van der Waals surface area (Å²) >= 11 is 0. The van der Waals surface area contributed by atoms with Crippen molar-refractivity contribution in [1.29, 1.82) is 0 Å². The molecule has 46 heavy (non-hydrogen) atoms. The summed E-state index contributed by atoms with van der Waals surface area (Å²) in [5.41, 5.74) is 13.3. The van der Waals surface area contributed by atoms with E-state index >= 15 is 0 Å². The molecule has 1 aliphatic rings. The molecule has 0 bridgehead atoms. The van der Waals surface area contributed by atoms with Crippen molar-refractivity contribution in [3.63, 3.8) is 0 Å². The molecular formula is C45H33N. The van der Waals surface area contributed by atoms with Gasteiger partial charge in [0.25, 0.3) is 0 Å². The van der Waals surface area contributed by atoms with Crippen LogP contribution in [0, 0.1) is 13.8 Å². The standard InChI is InChI=1S/C45H33N/c1-26-27(2)46(41-24-19-30-16-15-28-9-7-10-29-17-21-38(41)43(30)42(28)29)44-32(26)22-23-34-33(12-8-13-37(34)44)31-18-20-36-35-11-5-6-14-39(35)45(3,4)40(36)25-31/h5-25H,1-4H3. The molecule has 1 heterocycles. The van der Waals surface area contributed by atoms with E-state index in [2.05, 4.69) is 160 Å². The summed E-state index contributed by atoms with van der Waals surface area (Å²) in [6, 6.07) is 48.0. The third kappa shape index (κ3) is 3.20. The molecule has 0 radical (unpaired) electrons. The maximum atomic E-state index is 2.53. The predicted octanol–water partition coefficient (Wildman–Crippen LogP) is 12.3. The van der Waals surface area contributed by atoms with Crippen molar-refractivity contribution >= 4 is 54.0 Å². The average Bonchev–Trinajstić information content (AvgIpc) is 3.48. The Morgan fingerprint density at radius 2 is 1.13 bits per heavy atom. The first-order valence-corrected chi connectivity index (χ1v) is 16.4. The zero-order valence-corrected chi connectivity index (χ0v) is 26.6. The van der Waals surface area contributed by atoms with E-state index in [1.54, 1.807) is 0 Å². The molecule has 1 aliphatic carbocycles. The summed E-state index contributed by atoms with van der Waals surface area (Å²) < 4.78 is 2.53. The topological polar surface area (TPSA) is 4.93 Å². The Labute approximate surface area is 268 Å². The normalized spacial score (nSPS) is 13.8. The number of aryl methyl sites for hydroxylation is 1. The largest absolute Gasteiger partial charge is 0.312 e. The molecule has 0 amide bonds. The molecule has 0 N–H and O–H groups in total. The number of rotatable bonds is 2. The molecule has 0 spiro atoms. The molecule has 0 atom stereocenters. The molecule has 1 aromatic heterocycles. The molecular weight excluding hydrogens is 555 g/mol. The van der Waals surface area contributed by atoms with Crippen LogP contribution in [0.1, 0.15) is 36.2 Å². The van der Waals surface area contributed by atoms with Crippen molar-refractivity contribution in [2.24, 2.45) is 0 Å². The van der Waals surface area contributed by atoms with E-state index < -0.39 is 0 Å². The molecule has 0 saturated heterocycles. The van der Waals surface area contributed by atoms with Crippen LogP contribution in [0.4, 0.5) is 0 Å². The molecule has 10 rings (SSSR count). The first-order valence-electron chi connectivity index (χ1n) is 16.4. The minimum atomic E-state index is -0.0300. The van der Waals surface area contributed by atoms with Crippen LogP contribution in [0.2, 0.25) is 0 Å². The van der Waals surface area contributed by atoms with Gasteiger partial charge >= 0.3 is 0 Å². The zero-order chi connectivity index (χ0) is 30.9. The Bertz CT molecular complexity index is 2720. The second-order valence-corrected chi connectivity index (χ2v) is 13.8. The lowest BCUT2D eigenvalue weighted by Gasteiger charge is -2.22. The van der Waals surface area contributed by atoms with Crippen molar-refractivity contribution in [1.82, 2.24) is 4.57 Å². The van der Waals surface area contributed by atoms with Gasteiger partial charge in [-0.15, -0.1) is 0 Å². The smallest absolute Gasteiger partial charge is 0.0612 e. The number of hydrogen-bond acceptors (Lipinski definition) is 0. The summed E-state index contributed by atoms with van der Waals surface area (Å²) in [5, 5.41) is 11.8. The summed E-state index contributed by atoms with van der Waals surface area (Å²) in [6.45, 7) is 9.29. The highest BCUT2D eigenvalue weighted by Crippen LogP contribution is 2.50. The van der Waals surface area contributed by atoms with Crippen LogP contribution < -0.4 is 0 Å². The molecule has 0 saturated carbocycles. The predicted molar refractivity (Wildman–Crippen MR) is 197 cm³/mol. The minimum Gasteiger partial charge on any atom is -0.312 e. The number of nitrogens with zero attached hydrogens (tertiary/aromatic N) is 1. The van der Waals surface area contributed by atoms with E-state index in [4.69, 9.17) is 0 Å². The quantitative estimate of drug-likeness (QED) is 0.177. The van der Waals surface area contributed by atoms with Gasteiger partial charge in [-0.05, 0) is 97.2 Å². The number of benzene rings is 8. The lowest BCUT2D eigenvalue weighted by Crippen LogP contribution is -2.14. The van der Waals surface area contributed by atoms with Gasteiger partial charge in [-0.3, -0.25) is 0 Å². The van der Waals surface area contributed by atoms with Gasteiger partial charge in [0.15, 0.2) is 0 Å². The molecule has 0 unspecified atom stereocenters. The molecule has 1 heteroatoms. The Morgan fingerprint density at radius 3 is 1.98 bits per heavy atom. The van der Waals surface area contributed by atoms with Crippen LogP contribution in [0.5, 0.6) is 0 Å². The van der Waals surface area contributed by atoms with Crippen LogP contribution in [0.25, 0.3) is 81.9 Å². The first-order chi connectivity index (χ1) is 22.4. The number of fused-ring (bicyclic) bond motifs is 6. The van der Waals surface area contributed by atoms with Gasteiger partial charge < -0.3 is 4.57 Å². The van der Waals surface area contributed by atoms with Gasteiger partial charge in [-0.2, -0.15) is 0 Å². The van der Waals surface area contributed by atoms with Gasteiger partial charge in [0.1, 0.15) is 0 Å². The van der Waals surface area contributed by atoms with E-state index in [0.717, 1.165) is 0 Å². The van der Waals surface area contributed by atoms with E-state index in [1.165, 1.54) is 104 Å². The van der Waals surface area contributed by atoms with Gasteiger partial charge in [-0.1, -0.05) is 129 Å². The number of aromatic nitrogens is 1. The Morgan fingerprint density at radius 1 is 0.478 bits per heavy atom.